The van der Waals surface area contributed by atoms with Crippen LogP contribution >= 0.6 is 0 Å². The van der Waals surface area contributed by atoms with E-state index < -0.39 is 0 Å². The summed E-state index contributed by atoms with van der Waals surface area (Å²) in [5.41, 5.74) is 6.09. The SMILES string of the molecule is CC(=O)/C=C(/C)O.Cc1ccc2c(ccc3c(-c4[c-]c5oc(-c6ccccc6)cc5c(-c5ccccc5)c4)nccc32)c1F.[Ir]. The number of benzene rings is 5. The Kier molecular flexibility index (Phi) is 9.38. The summed E-state index contributed by atoms with van der Waals surface area (Å²) >= 11 is 0. The molecule has 0 spiro atoms. The third-order valence-corrected chi connectivity index (χ3v) is 7.44. The number of rotatable bonds is 4. The number of allylic oxidation sites excluding steroid dienone is 2. The van der Waals surface area contributed by atoms with Crippen LogP contribution in [0.4, 0.5) is 4.39 Å². The molecule has 225 valence electrons. The van der Waals surface area contributed by atoms with Crippen molar-refractivity contribution in [2.45, 2.75) is 20.8 Å². The molecule has 1 N–H and O–H groups in total. The Morgan fingerprint density at radius 1 is 0.800 bits per heavy atom. The maximum absolute atomic E-state index is 14.9. The predicted octanol–water partition coefficient (Wildman–Crippen LogP) is 10.4. The van der Waals surface area contributed by atoms with Gasteiger partial charge in [0.15, 0.2) is 5.78 Å². The van der Waals surface area contributed by atoms with E-state index in [1.54, 1.807) is 13.1 Å². The topological polar surface area (TPSA) is 63.3 Å². The first-order chi connectivity index (χ1) is 21.3. The van der Waals surface area contributed by atoms with Crippen LogP contribution in [0.2, 0.25) is 0 Å². The van der Waals surface area contributed by atoms with Gasteiger partial charge in [-0.1, -0.05) is 102 Å². The van der Waals surface area contributed by atoms with Gasteiger partial charge in [0.25, 0.3) is 0 Å². The van der Waals surface area contributed by atoms with Gasteiger partial charge in [0.2, 0.25) is 0 Å². The number of hydrogen-bond acceptors (Lipinski definition) is 4. The minimum absolute atomic E-state index is 0. The number of fused-ring (bicyclic) bond motifs is 4. The van der Waals surface area contributed by atoms with E-state index in [0.29, 0.717) is 16.5 Å². The van der Waals surface area contributed by atoms with Gasteiger partial charge < -0.3 is 14.5 Å². The van der Waals surface area contributed by atoms with Gasteiger partial charge in [0.1, 0.15) is 11.6 Å². The molecule has 0 amide bonds. The van der Waals surface area contributed by atoms with Crippen molar-refractivity contribution in [3.63, 3.8) is 0 Å². The normalized spacial score (nSPS) is 11.2. The van der Waals surface area contributed by atoms with E-state index in [1.807, 2.05) is 78.9 Å². The van der Waals surface area contributed by atoms with Gasteiger partial charge >= 0.3 is 0 Å². The third-order valence-electron chi connectivity index (χ3n) is 7.44. The van der Waals surface area contributed by atoms with E-state index >= 15 is 0 Å². The number of ketones is 1. The summed E-state index contributed by atoms with van der Waals surface area (Å²) in [6.45, 7) is 4.64. The number of hydrogen-bond donors (Lipinski definition) is 1. The second-order valence-electron chi connectivity index (χ2n) is 10.7. The van der Waals surface area contributed by atoms with Gasteiger partial charge in [-0.3, -0.25) is 4.79 Å². The zero-order valence-corrected chi connectivity index (χ0v) is 27.3. The number of carbonyl (C=O) groups excluding carboxylic acids is 1. The number of aromatic nitrogens is 1. The van der Waals surface area contributed by atoms with E-state index in [9.17, 15) is 9.18 Å². The summed E-state index contributed by atoms with van der Waals surface area (Å²) in [7, 11) is 0. The molecule has 45 heavy (non-hydrogen) atoms. The van der Waals surface area contributed by atoms with E-state index in [2.05, 4.69) is 30.3 Å². The van der Waals surface area contributed by atoms with Crippen LogP contribution in [0.15, 0.2) is 126 Å². The first-order valence-corrected chi connectivity index (χ1v) is 14.3. The summed E-state index contributed by atoms with van der Waals surface area (Å²) in [6, 6.07) is 37.7. The monoisotopic (exact) mass is 771 g/mol. The van der Waals surface area contributed by atoms with Gasteiger partial charge in [-0.2, -0.15) is 0 Å². The van der Waals surface area contributed by atoms with E-state index in [1.165, 1.54) is 19.9 Å². The second kappa shape index (κ2) is 13.4. The maximum Gasteiger partial charge on any atom is 0.155 e. The number of aryl methyl sites for hydroxylation is 1. The average Bonchev–Trinajstić information content (AvgIpc) is 3.47. The maximum atomic E-state index is 14.9. The minimum atomic E-state index is -0.180. The van der Waals surface area contributed by atoms with E-state index in [4.69, 9.17) is 14.5 Å². The van der Waals surface area contributed by atoms with Crippen LogP contribution in [0.5, 0.6) is 0 Å². The largest absolute Gasteiger partial charge is 0.512 e. The van der Waals surface area contributed by atoms with Crippen LogP contribution in [0.1, 0.15) is 19.4 Å². The number of halogens is 1. The van der Waals surface area contributed by atoms with Crippen molar-refractivity contribution in [1.82, 2.24) is 4.98 Å². The van der Waals surface area contributed by atoms with Crippen molar-refractivity contribution in [2.24, 2.45) is 0 Å². The van der Waals surface area contributed by atoms with Crippen LogP contribution in [0.3, 0.4) is 0 Å². The molecule has 0 aliphatic rings. The molecule has 2 heterocycles. The minimum Gasteiger partial charge on any atom is -0.512 e. The van der Waals surface area contributed by atoms with Crippen LogP contribution in [0, 0.1) is 18.8 Å². The van der Waals surface area contributed by atoms with E-state index in [0.717, 1.165) is 55.3 Å². The Hall–Kier alpha value is -4.90. The molecule has 0 aliphatic carbocycles. The van der Waals surface area contributed by atoms with Crippen molar-refractivity contribution in [1.29, 1.82) is 0 Å². The Balaban J connectivity index is 0.000000452. The fourth-order valence-corrected chi connectivity index (χ4v) is 5.45. The summed E-state index contributed by atoms with van der Waals surface area (Å²) in [6.07, 6.45) is 2.95. The summed E-state index contributed by atoms with van der Waals surface area (Å²) in [5.74, 6) is 0.553. The second-order valence-corrected chi connectivity index (χ2v) is 10.7. The molecule has 6 heteroatoms. The van der Waals surface area contributed by atoms with E-state index in [-0.39, 0.29) is 37.5 Å². The third kappa shape index (κ3) is 6.48. The van der Waals surface area contributed by atoms with Gasteiger partial charge in [0.05, 0.1) is 11.3 Å². The first kappa shape index (κ1) is 31.5. The molecule has 0 unspecified atom stereocenters. The summed E-state index contributed by atoms with van der Waals surface area (Å²) in [5, 5.41) is 12.8. The van der Waals surface area contributed by atoms with Crippen molar-refractivity contribution in [3.05, 3.63) is 139 Å². The smallest absolute Gasteiger partial charge is 0.155 e. The van der Waals surface area contributed by atoms with Gasteiger partial charge in [-0.25, -0.2) is 4.39 Å². The molecule has 0 atom stereocenters. The number of aliphatic hydroxyl groups is 1. The van der Waals surface area contributed by atoms with Crippen LogP contribution in [0.25, 0.3) is 66.2 Å². The fraction of sp³-hybridized carbons (Fsp3) is 0.0769. The predicted molar refractivity (Wildman–Crippen MR) is 176 cm³/mol. The molecule has 7 rings (SSSR count). The molecule has 0 saturated carbocycles. The van der Waals surface area contributed by atoms with Gasteiger partial charge in [-0.15, -0.1) is 11.6 Å². The average molecular weight is 771 g/mol. The molecule has 4 nitrogen and oxygen atoms in total. The zero-order valence-electron chi connectivity index (χ0n) is 24.9. The van der Waals surface area contributed by atoms with Gasteiger partial charge in [-0.05, 0) is 65.9 Å². The Bertz CT molecular complexity index is 2180. The standard InChI is InChI=1S/C34H21FNO.C5H8O2.Ir/c1-21-12-13-25-26-16-17-36-34(28(26)15-14-27(25)33(21)35)24-18-29(22-8-4-2-5-9-22)30-20-31(37-32(30)19-24)23-10-6-3-7-11-23;1-4(6)3-5(2)7;/h2-18,20H,1H3;3,6H,1-2H3;/q-1;;/b;4-3-;. The Labute approximate surface area is 274 Å². The Morgan fingerprint density at radius 3 is 2.07 bits per heavy atom. The number of aliphatic hydroxyl groups excluding tert-OH is 1. The van der Waals surface area contributed by atoms with Crippen molar-refractivity contribution >= 4 is 38.3 Å². The van der Waals surface area contributed by atoms with Gasteiger partial charge in [0, 0.05) is 43.3 Å². The van der Waals surface area contributed by atoms with Crippen molar-refractivity contribution < 1.29 is 38.8 Å². The first-order valence-electron chi connectivity index (χ1n) is 14.3. The van der Waals surface area contributed by atoms with Crippen molar-refractivity contribution in [2.75, 3.05) is 0 Å². The quantitative estimate of drug-likeness (QED) is 0.0838. The molecule has 2 aromatic heterocycles. The number of furan rings is 1. The molecule has 1 radical (unpaired) electrons. The van der Waals surface area contributed by atoms with Crippen LogP contribution in [-0.4, -0.2) is 15.9 Å². The van der Waals surface area contributed by atoms with Crippen LogP contribution in [-0.2, 0) is 24.9 Å². The number of pyridine rings is 1. The molecule has 0 bridgehead atoms. The van der Waals surface area contributed by atoms with Crippen molar-refractivity contribution in [3.8, 4) is 33.7 Å². The molecular formula is C39H29FIrNO3-. The molecule has 0 aliphatic heterocycles. The molecular weight excluding hydrogens is 742 g/mol. The molecule has 7 aromatic rings. The Morgan fingerprint density at radius 2 is 1.42 bits per heavy atom. The number of carbonyl (C=O) groups is 1. The fourth-order valence-electron chi connectivity index (χ4n) is 5.45. The molecule has 0 fully saturated rings. The molecule has 5 aromatic carbocycles. The molecule has 0 saturated heterocycles. The number of nitrogens with zero attached hydrogens (tertiary/aromatic N) is 1. The van der Waals surface area contributed by atoms with Crippen LogP contribution < -0.4 is 0 Å². The zero-order chi connectivity index (χ0) is 30.8. The summed E-state index contributed by atoms with van der Waals surface area (Å²) < 4.78 is 21.2. The summed E-state index contributed by atoms with van der Waals surface area (Å²) in [4.78, 5) is 14.8.